The number of aromatic nitrogens is 2. The number of nitrogen functional groups attached to an aromatic ring is 1. The number of fused-ring (bicyclic) bond motifs is 1. The molecule has 5 heteroatoms. The molecule has 0 saturated carbocycles. The minimum Gasteiger partial charge on any atom is -0.368 e. The normalized spacial score (nSPS) is 14.3. The molecule has 0 bridgehead atoms. The molecule has 62 valence electrons. The van der Waals surface area contributed by atoms with E-state index in [1.165, 1.54) is 0 Å². The predicted molar refractivity (Wildman–Crippen MR) is 46.8 cm³/mol. The van der Waals surface area contributed by atoms with E-state index in [0.717, 1.165) is 29.0 Å². The zero-order chi connectivity index (χ0) is 8.55. The van der Waals surface area contributed by atoms with Crippen LogP contribution in [0.5, 0.6) is 0 Å². The minimum atomic E-state index is 0.193. The summed E-state index contributed by atoms with van der Waals surface area (Å²) in [6.45, 7) is 0. The third-order valence-corrected chi connectivity index (χ3v) is 2.71. The van der Waals surface area contributed by atoms with Gasteiger partial charge in [-0.15, -0.1) is 0 Å². The smallest absolute Gasteiger partial charge is 0.220 e. The van der Waals surface area contributed by atoms with E-state index in [4.69, 9.17) is 5.73 Å². The first-order valence-electron chi connectivity index (χ1n) is 3.49. The fourth-order valence-corrected chi connectivity index (χ4v) is 2.25. The summed E-state index contributed by atoms with van der Waals surface area (Å²) >= 11 is 1.72. The van der Waals surface area contributed by atoms with Crippen molar-refractivity contribution >= 4 is 24.0 Å². The van der Waals surface area contributed by atoms with Crippen LogP contribution in [-0.2, 0) is 11.5 Å². The second-order valence-electron chi connectivity index (χ2n) is 2.50. The van der Waals surface area contributed by atoms with E-state index in [9.17, 15) is 4.79 Å². The highest BCUT2D eigenvalue weighted by molar-refractivity contribution is 7.98. The van der Waals surface area contributed by atoms with Gasteiger partial charge in [0.2, 0.25) is 5.95 Å². The van der Waals surface area contributed by atoms with Gasteiger partial charge in [0, 0.05) is 17.1 Å². The van der Waals surface area contributed by atoms with E-state index in [0.29, 0.717) is 5.69 Å². The van der Waals surface area contributed by atoms with Crippen molar-refractivity contribution in [2.24, 2.45) is 0 Å². The van der Waals surface area contributed by atoms with Gasteiger partial charge in [-0.25, -0.2) is 9.97 Å². The lowest BCUT2D eigenvalue weighted by Crippen LogP contribution is -2.04. The molecule has 0 saturated heterocycles. The largest absolute Gasteiger partial charge is 0.368 e. The Bertz CT molecular complexity index is 340. The van der Waals surface area contributed by atoms with Gasteiger partial charge < -0.3 is 5.73 Å². The first-order chi connectivity index (χ1) is 5.81. The number of nitrogens with two attached hydrogens (primary N) is 1. The molecular weight excluding hydrogens is 174 g/mol. The summed E-state index contributed by atoms with van der Waals surface area (Å²) in [6, 6.07) is 0. The van der Waals surface area contributed by atoms with Crippen molar-refractivity contribution in [3.8, 4) is 0 Å². The van der Waals surface area contributed by atoms with Crippen LogP contribution in [0, 0.1) is 0 Å². The second kappa shape index (κ2) is 2.75. The zero-order valence-corrected chi connectivity index (χ0v) is 7.10. The third kappa shape index (κ3) is 1.06. The first kappa shape index (κ1) is 7.54. The summed E-state index contributed by atoms with van der Waals surface area (Å²) in [7, 11) is 0. The van der Waals surface area contributed by atoms with Crippen molar-refractivity contribution in [2.75, 3.05) is 5.73 Å². The van der Waals surface area contributed by atoms with Crippen LogP contribution in [0.15, 0.2) is 0 Å². The van der Waals surface area contributed by atoms with Crippen molar-refractivity contribution in [3.63, 3.8) is 0 Å². The molecule has 2 rings (SSSR count). The van der Waals surface area contributed by atoms with Crippen LogP contribution in [0.25, 0.3) is 0 Å². The summed E-state index contributed by atoms with van der Waals surface area (Å²) in [5.41, 5.74) is 7.72. The molecule has 1 aliphatic rings. The molecule has 2 heterocycles. The summed E-state index contributed by atoms with van der Waals surface area (Å²) in [4.78, 5) is 18.5. The number of carbonyl (C=O) groups is 1. The fourth-order valence-electron chi connectivity index (χ4n) is 1.19. The lowest BCUT2D eigenvalue weighted by atomic mass is 10.2. The Kier molecular flexibility index (Phi) is 1.73. The quantitative estimate of drug-likeness (QED) is 0.643. The molecule has 0 fully saturated rings. The Morgan fingerprint density at radius 1 is 1.42 bits per heavy atom. The van der Waals surface area contributed by atoms with Crippen molar-refractivity contribution < 1.29 is 4.79 Å². The highest BCUT2D eigenvalue weighted by Crippen LogP contribution is 2.29. The summed E-state index contributed by atoms with van der Waals surface area (Å²) in [6.07, 6.45) is 0.739. The van der Waals surface area contributed by atoms with E-state index in [2.05, 4.69) is 9.97 Å². The maximum atomic E-state index is 10.6. The van der Waals surface area contributed by atoms with Gasteiger partial charge in [0.05, 0.1) is 5.69 Å². The van der Waals surface area contributed by atoms with E-state index in [1.54, 1.807) is 11.8 Å². The number of hydrogen-bond acceptors (Lipinski definition) is 5. The second-order valence-corrected chi connectivity index (χ2v) is 3.49. The van der Waals surface area contributed by atoms with Crippen LogP contribution >= 0.6 is 11.8 Å². The van der Waals surface area contributed by atoms with Gasteiger partial charge in [-0.1, -0.05) is 0 Å². The Hall–Kier alpha value is -1.10. The maximum Gasteiger partial charge on any atom is 0.220 e. The van der Waals surface area contributed by atoms with Gasteiger partial charge in [0.25, 0.3) is 0 Å². The molecule has 1 aliphatic heterocycles. The molecule has 1 aromatic rings. The van der Waals surface area contributed by atoms with Crippen molar-refractivity contribution in [2.45, 2.75) is 11.5 Å². The third-order valence-electron chi connectivity index (χ3n) is 1.74. The molecule has 12 heavy (non-hydrogen) atoms. The van der Waals surface area contributed by atoms with Gasteiger partial charge in [0.15, 0.2) is 6.29 Å². The maximum absolute atomic E-state index is 10.6. The van der Waals surface area contributed by atoms with Gasteiger partial charge >= 0.3 is 0 Å². The van der Waals surface area contributed by atoms with Crippen LogP contribution in [-0.4, -0.2) is 16.3 Å². The SMILES string of the molecule is Nc1nc(C=O)c2c(n1)CSC2. The van der Waals surface area contributed by atoms with Crippen molar-refractivity contribution in [1.82, 2.24) is 9.97 Å². The van der Waals surface area contributed by atoms with E-state index < -0.39 is 0 Å². The molecule has 4 nitrogen and oxygen atoms in total. The number of carbonyl (C=O) groups excluding carboxylic acids is 1. The van der Waals surface area contributed by atoms with Gasteiger partial charge in [-0.3, -0.25) is 4.79 Å². The Labute approximate surface area is 73.6 Å². The first-order valence-corrected chi connectivity index (χ1v) is 4.65. The molecule has 0 unspecified atom stereocenters. The molecule has 0 spiro atoms. The molecule has 0 atom stereocenters. The molecule has 1 aromatic heterocycles. The molecule has 2 N–H and O–H groups in total. The number of anilines is 1. The molecule has 0 radical (unpaired) electrons. The van der Waals surface area contributed by atoms with E-state index in [-0.39, 0.29) is 5.95 Å². The average Bonchev–Trinajstić information content (AvgIpc) is 2.50. The summed E-state index contributed by atoms with van der Waals surface area (Å²) < 4.78 is 0. The molecule has 0 aliphatic carbocycles. The molecule has 0 aromatic carbocycles. The van der Waals surface area contributed by atoms with E-state index >= 15 is 0 Å². The zero-order valence-electron chi connectivity index (χ0n) is 6.28. The van der Waals surface area contributed by atoms with Crippen LogP contribution in [0.2, 0.25) is 0 Å². The monoisotopic (exact) mass is 181 g/mol. The minimum absolute atomic E-state index is 0.193. The standard InChI is InChI=1S/C7H7N3OS/c8-7-9-5(1-11)4-2-12-3-6(4)10-7/h1H,2-3H2,(H2,8,9,10). The summed E-state index contributed by atoms with van der Waals surface area (Å²) in [5.74, 6) is 1.85. The Morgan fingerprint density at radius 3 is 3.00 bits per heavy atom. The number of rotatable bonds is 1. The number of aldehydes is 1. The van der Waals surface area contributed by atoms with Gasteiger partial charge in [-0.05, 0) is 0 Å². The van der Waals surface area contributed by atoms with Crippen molar-refractivity contribution in [3.05, 3.63) is 17.0 Å². The lowest BCUT2D eigenvalue weighted by molar-refractivity contribution is 0.111. The predicted octanol–water partition coefficient (Wildman–Crippen LogP) is 0.618. The van der Waals surface area contributed by atoms with E-state index in [1.807, 2.05) is 0 Å². The Morgan fingerprint density at radius 2 is 2.25 bits per heavy atom. The van der Waals surface area contributed by atoms with Crippen LogP contribution in [0.4, 0.5) is 5.95 Å². The van der Waals surface area contributed by atoms with Crippen LogP contribution in [0.3, 0.4) is 0 Å². The van der Waals surface area contributed by atoms with Crippen molar-refractivity contribution in [1.29, 1.82) is 0 Å². The summed E-state index contributed by atoms with van der Waals surface area (Å²) in [5, 5.41) is 0. The highest BCUT2D eigenvalue weighted by Gasteiger charge is 2.18. The molecule has 0 amide bonds. The van der Waals surface area contributed by atoms with Crippen LogP contribution < -0.4 is 5.73 Å². The van der Waals surface area contributed by atoms with Gasteiger partial charge in [-0.2, -0.15) is 11.8 Å². The number of nitrogens with zero attached hydrogens (tertiary/aromatic N) is 2. The van der Waals surface area contributed by atoms with Crippen LogP contribution in [0.1, 0.15) is 21.7 Å². The lowest BCUT2D eigenvalue weighted by Gasteiger charge is -2.00. The number of thioether (sulfide) groups is 1. The average molecular weight is 181 g/mol. The topological polar surface area (TPSA) is 68.9 Å². The number of hydrogen-bond donors (Lipinski definition) is 1. The van der Waals surface area contributed by atoms with Gasteiger partial charge in [0.1, 0.15) is 5.69 Å². The Balaban J connectivity index is 2.62. The highest BCUT2D eigenvalue weighted by atomic mass is 32.2. The fraction of sp³-hybridized carbons (Fsp3) is 0.286. The molecular formula is C7H7N3OS.